The number of halogens is 1. The number of furan rings is 1. The van der Waals surface area contributed by atoms with E-state index in [-0.39, 0.29) is 23.8 Å². The lowest BCUT2D eigenvalue weighted by Crippen LogP contribution is -2.26. The molecule has 0 unspecified atom stereocenters. The van der Waals surface area contributed by atoms with Crippen LogP contribution in [0.3, 0.4) is 0 Å². The third kappa shape index (κ3) is 4.77. The molecule has 3 aromatic heterocycles. The summed E-state index contributed by atoms with van der Waals surface area (Å²) in [7, 11) is 0. The minimum Gasteiger partial charge on any atom is -0.467 e. The van der Waals surface area contributed by atoms with Crippen molar-refractivity contribution in [1.82, 2.24) is 19.4 Å². The van der Waals surface area contributed by atoms with Crippen molar-refractivity contribution in [3.05, 3.63) is 98.4 Å². The summed E-state index contributed by atoms with van der Waals surface area (Å²) in [5.74, 6) is -0.0347. The van der Waals surface area contributed by atoms with Crippen molar-refractivity contribution in [1.29, 1.82) is 0 Å². The van der Waals surface area contributed by atoms with Crippen LogP contribution in [0.1, 0.15) is 11.3 Å². The molecule has 0 saturated carbocycles. The van der Waals surface area contributed by atoms with Crippen LogP contribution in [0.15, 0.2) is 81.3 Å². The van der Waals surface area contributed by atoms with Gasteiger partial charge in [0.25, 0.3) is 5.56 Å². The van der Waals surface area contributed by atoms with Crippen molar-refractivity contribution < 1.29 is 13.6 Å². The van der Waals surface area contributed by atoms with Crippen LogP contribution < -0.4 is 10.9 Å². The van der Waals surface area contributed by atoms with Gasteiger partial charge in [0, 0.05) is 0 Å². The van der Waals surface area contributed by atoms with Gasteiger partial charge >= 0.3 is 0 Å². The van der Waals surface area contributed by atoms with Crippen molar-refractivity contribution in [3.8, 4) is 11.4 Å². The minimum atomic E-state index is -0.422. The van der Waals surface area contributed by atoms with Gasteiger partial charge in [0.1, 0.15) is 16.3 Å². The fourth-order valence-corrected chi connectivity index (χ4v) is 5.78. The predicted molar refractivity (Wildman–Crippen MR) is 141 cm³/mol. The number of aromatic nitrogens is 3. The van der Waals surface area contributed by atoms with E-state index < -0.39 is 5.82 Å². The lowest BCUT2D eigenvalue weighted by molar-refractivity contribution is -0.118. The molecule has 0 fully saturated rings. The number of amides is 1. The first-order valence-corrected chi connectivity index (χ1v) is 13.1. The van der Waals surface area contributed by atoms with Crippen molar-refractivity contribution in [2.45, 2.75) is 18.6 Å². The number of para-hydroxylation sites is 1. The third-order valence-corrected chi connectivity index (χ3v) is 7.68. The van der Waals surface area contributed by atoms with Crippen LogP contribution >= 0.6 is 35.3 Å². The molecule has 0 atom stereocenters. The highest BCUT2D eigenvalue weighted by Crippen LogP contribution is 2.28. The smallest absolute Gasteiger partial charge is 0.278 e. The molecule has 1 N–H and O–H groups in total. The van der Waals surface area contributed by atoms with Gasteiger partial charge in [-0.1, -0.05) is 41.3 Å². The van der Waals surface area contributed by atoms with Gasteiger partial charge in [-0.05, 0) is 67.2 Å². The van der Waals surface area contributed by atoms with E-state index in [1.807, 2.05) is 31.2 Å². The van der Waals surface area contributed by atoms with Crippen molar-refractivity contribution in [2.24, 2.45) is 0 Å². The summed E-state index contributed by atoms with van der Waals surface area (Å²) in [5, 5.41) is 3.08. The predicted octanol–water partition coefficient (Wildman–Crippen LogP) is 5.42. The average molecular weight is 539 g/mol. The molecule has 36 heavy (non-hydrogen) atoms. The molecule has 11 heteroatoms. The highest BCUT2D eigenvalue weighted by atomic mass is 32.2. The van der Waals surface area contributed by atoms with Crippen LogP contribution in [0, 0.1) is 16.7 Å². The lowest BCUT2D eigenvalue weighted by atomic mass is 10.2. The molecule has 5 rings (SSSR count). The maximum atomic E-state index is 13.7. The summed E-state index contributed by atoms with van der Waals surface area (Å²) in [5.41, 5.74) is 2.32. The molecule has 0 aliphatic carbocycles. The van der Waals surface area contributed by atoms with Gasteiger partial charge in [0.2, 0.25) is 5.91 Å². The Hall–Kier alpha value is -3.54. The summed E-state index contributed by atoms with van der Waals surface area (Å²) in [6.07, 6.45) is 1.54. The fraction of sp³-hybridized carbons (Fsp3) is 0.120. The first-order chi connectivity index (χ1) is 17.4. The molecule has 7 nitrogen and oxygen atoms in total. The maximum absolute atomic E-state index is 13.7. The van der Waals surface area contributed by atoms with Crippen LogP contribution in [0.25, 0.3) is 21.7 Å². The molecule has 1 amide bonds. The number of hydrogen-bond donors (Lipinski definition) is 1. The summed E-state index contributed by atoms with van der Waals surface area (Å²) in [4.78, 5) is 31.0. The Morgan fingerprint density at radius 1 is 1.14 bits per heavy atom. The zero-order valence-corrected chi connectivity index (χ0v) is 21.4. The number of nitrogens with one attached hydrogen (secondary N) is 1. The van der Waals surface area contributed by atoms with Gasteiger partial charge in [0.15, 0.2) is 14.8 Å². The topological polar surface area (TPSA) is 82.1 Å². The second-order valence-electron chi connectivity index (χ2n) is 7.80. The molecule has 0 bridgehead atoms. The number of carbonyl (C=O) groups is 1. The van der Waals surface area contributed by atoms with Crippen LogP contribution in [0.4, 0.5) is 4.39 Å². The Kier molecular flexibility index (Phi) is 6.86. The van der Waals surface area contributed by atoms with Crippen LogP contribution in [-0.4, -0.2) is 25.8 Å². The highest BCUT2D eigenvalue weighted by Gasteiger charge is 2.20. The summed E-state index contributed by atoms with van der Waals surface area (Å²) in [6, 6.07) is 16.8. The minimum absolute atomic E-state index is 0.00901. The Morgan fingerprint density at radius 2 is 1.92 bits per heavy atom. The first-order valence-electron chi connectivity index (χ1n) is 10.8. The summed E-state index contributed by atoms with van der Waals surface area (Å²) >= 11 is 7.90. The quantitative estimate of drug-likeness (QED) is 0.169. The van der Waals surface area contributed by atoms with Gasteiger partial charge in [-0.2, -0.15) is 0 Å². The zero-order chi connectivity index (χ0) is 25.2. The van der Waals surface area contributed by atoms with Gasteiger partial charge in [0.05, 0.1) is 29.9 Å². The normalized spacial score (nSPS) is 11.2. The molecule has 2 aromatic carbocycles. The third-order valence-electron chi connectivity index (χ3n) is 5.39. The Balaban J connectivity index is 1.59. The Bertz CT molecular complexity index is 1670. The number of aryl methyl sites for hydroxylation is 1. The van der Waals surface area contributed by atoms with Crippen molar-refractivity contribution in [2.75, 3.05) is 5.75 Å². The van der Waals surface area contributed by atoms with E-state index >= 15 is 0 Å². The molecule has 0 radical (unpaired) electrons. The van der Waals surface area contributed by atoms with Crippen molar-refractivity contribution >= 4 is 51.6 Å². The molecule has 5 aromatic rings. The lowest BCUT2D eigenvalue weighted by Gasteiger charge is -2.13. The summed E-state index contributed by atoms with van der Waals surface area (Å²) < 4.78 is 22.9. The van der Waals surface area contributed by atoms with Gasteiger partial charge in [-0.25, -0.2) is 9.37 Å². The zero-order valence-electron chi connectivity index (χ0n) is 18.9. The van der Waals surface area contributed by atoms with Crippen molar-refractivity contribution in [3.63, 3.8) is 0 Å². The van der Waals surface area contributed by atoms with Crippen LogP contribution in [0.2, 0.25) is 0 Å². The van der Waals surface area contributed by atoms with E-state index in [1.54, 1.807) is 16.7 Å². The number of nitrogens with zero attached hydrogens (tertiary/aromatic N) is 3. The molecular formula is C25H19FN4O3S3. The first kappa shape index (κ1) is 24.2. The Morgan fingerprint density at radius 3 is 2.64 bits per heavy atom. The number of fused-ring (bicyclic) bond motifs is 1. The number of rotatable bonds is 7. The molecular weight excluding hydrogens is 519 g/mol. The van der Waals surface area contributed by atoms with E-state index in [1.165, 1.54) is 46.4 Å². The van der Waals surface area contributed by atoms with E-state index in [0.29, 0.717) is 30.9 Å². The standard InChI is InChI=1S/C25H19FN4O3S3/c1-15-5-2-3-7-19(15)30-22-21(36-25(30)34)23(32)29(17-10-8-16(26)9-11-17)24(28-22)35-14-20(31)27-13-18-6-4-12-33-18/h2-12H,13-14H2,1H3,(H,27,31). The van der Waals surface area contributed by atoms with Crippen LogP contribution in [-0.2, 0) is 11.3 Å². The number of hydrogen-bond acceptors (Lipinski definition) is 7. The fourth-order valence-electron chi connectivity index (χ4n) is 3.66. The van der Waals surface area contributed by atoms with E-state index in [9.17, 15) is 14.0 Å². The van der Waals surface area contributed by atoms with Crippen LogP contribution in [0.5, 0.6) is 0 Å². The summed E-state index contributed by atoms with van der Waals surface area (Å²) in [6.45, 7) is 2.21. The van der Waals surface area contributed by atoms with Gasteiger partial charge < -0.3 is 9.73 Å². The number of thiazole rings is 1. The molecule has 3 heterocycles. The maximum Gasteiger partial charge on any atom is 0.278 e. The largest absolute Gasteiger partial charge is 0.467 e. The average Bonchev–Trinajstić information content (AvgIpc) is 3.50. The van der Waals surface area contributed by atoms with E-state index in [0.717, 1.165) is 23.0 Å². The van der Waals surface area contributed by atoms with E-state index in [2.05, 4.69) is 5.32 Å². The SMILES string of the molecule is Cc1ccccc1-n1c(=S)sc2c(=O)n(-c3ccc(F)cc3)c(SCC(=O)NCc3ccco3)nc21. The molecule has 0 saturated heterocycles. The molecule has 0 aliphatic rings. The van der Waals surface area contributed by atoms with E-state index in [4.69, 9.17) is 21.6 Å². The monoisotopic (exact) mass is 538 g/mol. The van der Waals surface area contributed by atoms with Gasteiger partial charge in [-0.15, -0.1) is 0 Å². The highest BCUT2D eigenvalue weighted by molar-refractivity contribution is 7.99. The second kappa shape index (κ2) is 10.2. The van der Waals surface area contributed by atoms with Gasteiger partial charge in [-0.3, -0.25) is 18.7 Å². The molecule has 182 valence electrons. The number of carbonyl (C=O) groups excluding carboxylic acids is 1. The number of benzene rings is 2. The molecule has 0 spiro atoms. The molecule has 0 aliphatic heterocycles. The second-order valence-corrected chi connectivity index (χ2v) is 10.4. The number of thioether (sulfide) groups is 1. The Labute approximate surface area is 218 Å².